The van der Waals surface area contributed by atoms with Crippen molar-refractivity contribution >= 4 is 23.1 Å². The Morgan fingerprint density at radius 2 is 1.54 bits per heavy atom. The number of rotatable bonds is 13. The van der Waals surface area contributed by atoms with Crippen LogP contribution in [0.1, 0.15) is 35.1 Å². The van der Waals surface area contributed by atoms with Crippen molar-refractivity contribution in [2.75, 3.05) is 14.2 Å². The third kappa shape index (κ3) is 10.5. The van der Waals surface area contributed by atoms with Crippen LogP contribution in [0.4, 0.5) is 13.2 Å². The van der Waals surface area contributed by atoms with Crippen molar-refractivity contribution in [2.24, 2.45) is 5.92 Å². The number of methoxy groups -OCH3 is 2. The molecule has 59 heavy (non-hydrogen) atoms. The number of hydrogen-bond acceptors (Lipinski definition) is 12. The van der Waals surface area contributed by atoms with Gasteiger partial charge in [-0.2, -0.15) is 23.5 Å². The second-order valence-electron chi connectivity index (χ2n) is 12.8. The van der Waals surface area contributed by atoms with Crippen molar-refractivity contribution in [3.63, 3.8) is 0 Å². The van der Waals surface area contributed by atoms with E-state index in [2.05, 4.69) is 26.1 Å². The lowest BCUT2D eigenvalue weighted by Gasteiger charge is -2.31. The summed E-state index contributed by atoms with van der Waals surface area (Å²) in [6.45, 7) is -0.113. The standard InChI is InChI=1S/C22H17N3O5.C20H17ClF3N3O2/c1-27-13-17(22(26)28-2)16-8-4-6-10-19(16)30-21-11-20(24-14-25-21)29-18-9-5-3-7-15(18)12-23;21-14-3-5-15(6-4-14)29-16-7-8-17(18(9-16)20(22,23)24)19(28,13-1-2-13)10-27-12-25-11-26-27/h3-11,13-14H,1-2H3;3-9,11-13,28H,1-2,10H2/b17-13+;. The first-order chi connectivity index (χ1) is 28.4. The summed E-state index contributed by atoms with van der Waals surface area (Å²) in [5, 5.41) is 24.9. The number of esters is 1. The predicted molar refractivity (Wildman–Crippen MR) is 206 cm³/mol. The average Bonchev–Trinajstić information content (AvgIpc) is 3.98. The van der Waals surface area contributed by atoms with E-state index < -0.39 is 23.3 Å². The fourth-order valence-corrected chi connectivity index (χ4v) is 6.06. The molecule has 0 aliphatic heterocycles. The van der Waals surface area contributed by atoms with Gasteiger partial charge in [-0.25, -0.2) is 24.4 Å². The highest BCUT2D eigenvalue weighted by Gasteiger charge is 2.50. The van der Waals surface area contributed by atoms with Gasteiger partial charge in [-0.3, -0.25) is 0 Å². The van der Waals surface area contributed by atoms with E-state index >= 15 is 0 Å². The summed E-state index contributed by atoms with van der Waals surface area (Å²) in [5.41, 5.74) is -1.82. The maximum Gasteiger partial charge on any atom is 0.416 e. The van der Waals surface area contributed by atoms with Gasteiger partial charge in [0.25, 0.3) is 0 Å². The number of carbonyl (C=O) groups excluding carboxylic acids is 1. The van der Waals surface area contributed by atoms with E-state index in [0.717, 1.165) is 6.07 Å². The number of ether oxygens (including phenoxy) is 5. The Morgan fingerprint density at radius 3 is 2.17 bits per heavy atom. The second-order valence-corrected chi connectivity index (χ2v) is 13.3. The molecule has 0 radical (unpaired) electrons. The Balaban J connectivity index is 0.000000198. The van der Waals surface area contributed by atoms with E-state index in [0.29, 0.717) is 46.2 Å². The first kappa shape index (κ1) is 41.7. The van der Waals surface area contributed by atoms with E-state index in [-0.39, 0.29) is 41.1 Å². The number of carbonyl (C=O) groups is 1. The molecule has 4 aromatic carbocycles. The normalized spacial score (nSPS) is 13.5. The van der Waals surface area contributed by atoms with Crippen LogP contribution in [-0.4, -0.2) is 50.0 Å². The van der Waals surface area contributed by atoms with Gasteiger partial charge in [0.05, 0.1) is 44.2 Å². The summed E-state index contributed by atoms with van der Waals surface area (Å²) in [4.78, 5) is 24.1. The number of aliphatic hydroxyl groups is 1. The molecule has 0 bridgehead atoms. The van der Waals surface area contributed by atoms with Gasteiger partial charge in [-0.1, -0.05) is 48.0 Å². The minimum atomic E-state index is -4.67. The summed E-state index contributed by atoms with van der Waals surface area (Å²) < 4.78 is 70.0. The van der Waals surface area contributed by atoms with E-state index in [1.54, 1.807) is 72.8 Å². The number of alkyl halides is 3. The first-order valence-electron chi connectivity index (χ1n) is 17.7. The van der Waals surface area contributed by atoms with Crippen molar-refractivity contribution in [1.82, 2.24) is 24.7 Å². The smallest absolute Gasteiger partial charge is 0.416 e. The zero-order valence-electron chi connectivity index (χ0n) is 31.3. The molecule has 2 heterocycles. The molecule has 0 saturated heterocycles. The fraction of sp³-hybridized carbons (Fsp3) is 0.190. The highest BCUT2D eigenvalue weighted by molar-refractivity contribution is 6.30. The third-order valence-corrected chi connectivity index (χ3v) is 9.06. The SMILES string of the molecule is CO/C=C(/C(=O)OC)c1ccccc1Oc1cc(Oc2ccccc2C#N)ncn1.OC(Cn1cncn1)(c1ccc(Oc2ccc(Cl)cc2)cc1C(F)(F)F)C1CC1. The van der Waals surface area contributed by atoms with Gasteiger partial charge in [0.15, 0.2) is 0 Å². The highest BCUT2D eigenvalue weighted by atomic mass is 35.5. The molecule has 2 aromatic heterocycles. The van der Waals surface area contributed by atoms with Crippen molar-refractivity contribution in [2.45, 2.75) is 31.2 Å². The average molecular weight is 827 g/mol. The number of para-hydroxylation sites is 2. The van der Waals surface area contributed by atoms with E-state index in [1.807, 2.05) is 0 Å². The van der Waals surface area contributed by atoms with Gasteiger partial charge in [0, 0.05) is 10.6 Å². The molecule has 1 aliphatic carbocycles. The Bertz CT molecular complexity index is 2460. The van der Waals surface area contributed by atoms with E-state index in [4.69, 9.17) is 35.3 Å². The molecule has 7 rings (SSSR count). The maximum absolute atomic E-state index is 13.9. The van der Waals surface area contributed by atoms with Crippen LogP contribution in [-0.2, 0) is 32.6 Å². The topological polar surface area (TPSA) is 164 Å². The van der Waals surface area contributed by atoms with Crippen LogP contribution in [0.5, 0.6) is 34.8 Å². The molecule has 1 aliphatic rings. The molecular weight excluding hydrogens is 793 g/mol. The lowest BCUT2D eigenvalue weighted by atomic mass is 9.85. The predicted octanol–water partition coefficient (Wildman–Crippen LogP) is 9.13. The first-order valence-corrected chi connectivity index (χ1v) is 18.1. The van der Waals surface area contributed by atoms with Crippen LogP contribution < -0.4 is 14.2 Å². The fourth-order valence-electron chi connectivity index (χ4n) is 5.93. The molecule has 1 saturated carbocycles. The molecule has 1 atom stereocenters. The molecule has 13 nitrogen and oxygen atoms in total. The van der Waals surface area contributed by atoms with Crippen LogP contribution in [0, 0.1) is 17.2 Å². The van der Waals surface area contributed by atoms with E-state index in [9.17, 15) is 28.3 Å². The molecule has 0 amide bonds. The van der Waals surface area contributed by atoms with Crippen LogP contribution in [0.2, 0.25) is 5.02 Å². The second kappa shape index (κ2) is 18.5. The van der Waals surface area contributed by atoms with Crippen LogP contribution in [0.3, 0.4) is 0 Å². The molecule has 1 N–H and O–H groups in total. The van der Waals surface area contributed by atoms with Crippen molar-refractivity contribution in [3.8, 4) is 40.8 Å². The van der Waals surface area contributed by atoms with Crippen LogP contribution in [0.25, 0.3) is 5.57 Å². The summed E-state index contributed by atoms with van der Waals surface area (Å²) in [7, 11) is 2.71. The quantitative estimate of drug-likeness (QED) is 0.0668. The highest BCUT2D eigenvalue weighted by Crippen LogP contribution is 2.50. The number of nitriles is 1. The molecule has 17 heteroatoms. The van der Waals surface area contributed by atoms with E-state index in [1.165, 1.54) is 62.3 Å². The summed E-state index contributed by atoms with van der Waals surface area (Å²) in [6.07, 6.45) is 1.83. The Morgan fingerprint density at radius 1 is 0.881 bits per heavy atom. The van der Waals surface area contributed by atoms with Crippen molar-refractivity contribution < 1.29 is 46.8 Å². The molecule has 0 spiro atoms. The summed E-state index contributed by atoms with van der Waals surface area (Å²) in [6, 6.07) is 27.1. The molecular formula is C42H34ClF3N6O7. The van der Waals surface area contributed by atoms with Crippen molar-refractivity contribution in [1.29, 1.82) is 5.26 Å². The molecule has 1 unspecified atom stereocenters. The Kier molecular flexibility index (Phi) is 13.1. The van der Waals surface area contributed by atoms with Crippen LogP contribution >= 0.6 is 11.6 Å². The Hall–Kier alpha value is -6.96. The van der Waals surface area contributed by atoms with Crippen LogP contribution in [0.15, 0.2) is 122 Å². The number of aromatic nitrogens is 5. The summed E-state index contributed by atoms with van der Waals surface area (Å²) >= 11 is 5.82. The number of hydrogen-bond donors (Lipinski definition) is 1. The molecule has 302 valence electrons. The van der Waals surface area contributed by atoms with Gasteiger partial charge in [-0.05, 0) is 78.9 Å². The minimum absolute atomic E-state index is 0.0160. The van der Waals surface area contributed by atoms with Gasteiger partial charge in [0.2, 0.25) is 11.8 Å². The van der Waals surface area contributed by atoms with Crippen molar-refractivity contribution in [3.05, 3.63) is 150 Å². The lowest BCUT2D eigenvalue weighted by Crippen LogP contribution is -2.36. The third-order valence-electron chi connectivity index (χ3n) is 8.81. The monoisotopic (exact) mass is 826 g/mol. The summed E-state index contributed by atoms with van der Waals surface area (Å²) in [5.74, 6) is 0.611. The van der Waals surface area contributed by atoms with Gasteiger partial charge >= 0.3 is 12.1 Å². The maximum atomic E-state index is 13.9. The zero-order chi connectivity index (χ0) is 42.0. The van der Waals surface area contributed by atoms with Gasteiger partial charge in [-0.15, -0.1) is 0 Å². The number of nitrogens with zero attached hydrogens (tertiary/aromatic N) is 6. The Labute approximate surface area is 340 Å². The largest absolute Gasteiger partial charge is 0.503 e. The molecule has 6 aromatic rings. The number of benzene rings is 4. The lowest BCUT2D eigenvalue weighted by molar-refractivity contribution is -0.141. The molecule has 1 fully saturated rings. The van der Waals surface area contributed by atoms with Gasteiger partial charge < -0.3 is 28.8 Å². The zero-order valence-corrected chi connectivity index (χ0v) is 32.1. The minimum Gasteiger partial charge on any atom is -0.503 e. The van der Waals surface area contributed by atoms with Gasteiger partial charge in [0.1, 0.15) is 59.2 Å². The number of halogens is 4.